The van der Waals surface area contributed by atoms with Crippen LogP contribution in [0.2, 0.25) is 0 Å². The van der Waals surface area contributed by atoms with Gasteiger partial charge in [-0.2, -0.15) is 4.31 Å². The van der Waals surface area contributed by atoms with E-state index in [0.29, 0.717) is 5.92 Å². The number of nitrogens with zero attached hydrogens (tertiary/aromatic N) is 1. The molecule has 0 N–H and O–H groups in total. The molecule has 0 aliphatic carbocycles. The van der Waals surface area contributed by atoms with Crippen molar-refractivity contribution >= 4 is 10.0 Å². The van der Waals surface area contributed by atoms with Crippen molar-refractivity contribution in [2.24, 2.45) is 0 Å². The molecule has 0 aromatic heterocycles. The van der Waals surface area contributed by atoms with Crippen molar-refractivity contribution < 1.29 is 12.8 Å². The van der Waals surface area contributed by atoms with E-state index in [0.717, 1.165) is 15.9 Å². The van der Waals surface area contributed by atoms with Crippen LogP contribution in [-0.2, 0) is 16.6 Å². The molecule has 22 heavy (non-hydrogen) atoms. The Labute approximate surface area is 131 Å². The number of benzene rings is 2. The number of halogens is 1. The van der Waals surface area contributed by atoms with Crippen LogP contribution in [0.15, 0.2) is 53.4 Å². The number of hydrogen-bond acceptors (Lipinski definition) is 2. The minimum atomic E-state index is -3.84. The lowest BCUT2D eigenvalue weighted by atomic mass is 10.0. The van der Waals surface area contributed by atoms with Crippen LogP contribution in [-0.4, -0.2) is 19.8 Å². The summed E-state index contributed by atoms with van der Waals surface area (Å²) in [6.07, 6.45) is 0. The first-order chi connectivity index (χ1) is 10.3. The highest BCUT2D eigenvalue weighted by Gasteiger charge is 2.24. The average Bonchev–Trinajstić information content (AvgIpc) is 2.48. The Bertz CT molecular complexity index is 740. The molecule has 0 atom stereocenters. The van der Waals surface area contributed by atoms with E-state index < -0.39 is 15.8 Å². The molecule has 0 spiro atoms. The summed E-state index contributed by atoms with van der Waals surface area (Å²) in [4.78, 5) is -0.295. The predicted molar refractivity (Wildman–Crippen MR) is 85.6 cm³/mol. The van der Waals surface area contributed by atoms with Crippen LogP contribution in [0, 0.1) is 5.82 Å². The molecule has 0 bridgehead atoms. The van der Waals surface area contributed by atoms with Crippen molar-refractivity contribution in [2.75, 3.05) is 7.05 Å². The summed E-state index contributed by atoms with van der Waals surface area (Å²) in [5, 5.41) is 0. The van der Waals surface area contributed by atoms with Crippen LogP contribution >= 0.6 is 0 Å². The van der Waals surface area contributed by atoms with Crippen molar-refractivity contribution in [3.8, 4) is 0 Å². The van der Waals surface area contributed by atoms with Crippen LogP contribution < -0.4 is 0 Å². The number of hydrogen-bond donors (Lipinski definition) is 0. The maximum atomic E-state index is 13.7. The van der Waals surface area contributed by atoms with Gasteiger partial charge in [0, 0.05) is 13.6 Å². The van der Waals surface area contributed by atoms with Gasteiger partial charge in [0.25, 0.3) is 0 Å². The van der Waals surface area contributed by atoms with E-state index in [-0.39, 0.29) is 11.4 Å². The van der Waals surface area contributed by atoms with Crippen molar-refractivity contribution in [3.05, 3.63) is 65.5 Å². The van der Waals surface area contributed by atoms with Crippen LogP contribution in [0.4, 0.5) is 4.39 Å². The fourth-order valence-electron chi connectivity index (χ4n) is 2.17. The van der Waals surface area contributed by atoms with E-state index >= 15 is 0 Å². The highest BCUT2D eigenvalue weighted by Crippen LogP contribution is 2.20. The maximum absolute atomic E-state index is 13.7. The van der Waals surface area contributed by atoms with E-state index in [4.69, 9.17) is 0 Å². The Hall–Kier alpha value is -1.72. The Kier molecular flexibility index (Phi) is 4.98. The fraction of sp³-hybridized carbons (Fsp3) is 0.294. The van der Waals surface area contributed by atoms with Gasteiger partial charge in [0.2, 0.25) is 10.0 Å². The molecular formula is C17H20FNO2S. The first-order valence-corrected chi connectivity index (χ1v) is 8.56. The summed E-state index contributed by atoms with van der Waals surface area (Å²) < 4.78 is 39.7. The molecule has 2 rings (SSSR count). The molecule has 2 aromatic rings. The zero-order valence-electron chi connectivity index (χ0n) is 13.0. The lowest BCUT2D eigenvalue weighted by molar-refractivity contribution is 0.460. The minimum Gasteiger partial charge on any atom is -0.207 e. The van der Waals surface area contributed by atoms with E-state index in [1.54, 1.807) is 0 Å². The third-order valence-corrected chi connectivity index (χ3v) is 5.41. The summed E-state index contributed by atoms with van der Waals surface area (Å²) in [6.45, 7) is 4.41. The van der Waals surface area contributed by atoms with Crippen LogP contribution in [0.25, 0.3) is 0 Å². The highest BCUT2D eigenvalue weighted by atomic mass is 32.2. The molecule has 0 saturated heterocycles. The third kappa shape index (κ3) is 3.54. The van der Waals surface area contributed by atoms with Gasteiger partial charge in [0.15, 0.2) is 0 Å². The number of sulfonamides is 1. The summed E-state index contributed by atoms with van der Waals surface area (Å²) in [5.74, 6) is -0.307. The summed E-state index contributed by atoms with van der Waals surface area (Å²) in [6, 6.07) is 13.2. The summed E-state index contributed by atoms with van der Waals surface area (Å²) >= 11 is 0. The van der Waals surface area contributed by atoms with Gasteiger partial charge in [0.1, 0.15) is 10.7 Å². The van der Waals surface area contributed by atoms with Crippen molar-refractivity contribution in [3.63, 3.8) is 0 Å². The quantitative estimate of drug-likeness (QED) is 0.840. The zero-order valence-corrected chi connectivity index (χ0v) is 13.8. The monoisotopic (exact) mass is 321 g/mol. The molecule has 0 saturated carbocycles. The van der Waals surface area contributed by atoms with Gasteiger partial charge in [-0.1, -0.05) is 50.2 Å². The van der Waals surface area contributed by atoms with Gasteiger partial charge < -0.3 is 0 Å². The van der Waals surface area contributed by atoms with Crippen LogP contribution in [0.3, 0.4) is 0 Å². The van der Waals surface area contributed by atoms with Crippen LogP contribution in [0.1, 0.15) is 30.9 Å². The van der Waals surface area contributed by atoms with Gasteiger partial charge >= 0.3 is 0 Å². The predicted octanol–water partition coefficient (Wildman–Crippen LogP) is 3.77. The van der Waals surface area contributed by atoms with Crippen LogP contribution in [0.5, 0.6) is 0 Å². The van der Waals surface area contributed by atoms with Gasteiger partial charge in [0.05, 0.1) is 0 Å². The summed E-state index contributed by atoms with van der Waals surface area (Å²) in [7, 11) is -2.38. The molecule has 0 aliphatic rings. The van der Waals surface area contributed by atoms with E-state index in [1.165, 1.54) is 30.8 Å². The molecule has 0 aliphatic heterocycles. The Morgan fingerprint density at radius 2 is 1.64 bits per heavy atom. The van der Waals surface area contributed by atoms with Crippen molar-refractivity contribution in [2.45, 2.75) is 31.2 Å². The van der Waals surface area contributed by atoms with Gasteiger partial charge in [-0.05, 0) is 29.2 Å². The Balaban J connectivity index is 2.21. The fourth-order valence-corrected chi connectivity index (χ4v) is 3.39. The number of rotatable bonds is 5. The topological polar surface area (TPSA) is 37.4 Å². The first kappa shape index (κ1) is 16.6. The molecule has 0 heterocycles. The SMILES string of the molecule is CC(C)c1ccc(CN(C)S(=O)(=O)c2ccccc2F)cc1. The van der Waals surface area contributed by atoms with Gasteiger partial charge in [-0.15, -0.1) is 0 Å². The van der Waals surface area contributed by atoms with Gasteiger partial charge in [-0.25, -0.2) is 12.8 Å². The third-order valence-electron chi connectivity index (χ3n) is 3.58. The molecule has 3 nitrogen and oxygen atoms in total. The molecule has 0 amide bonds. The molecule has 118 valence electrons. The normalized spacial score (nSPS) is 12.1. The Morgan fingerprint density at radius 1 is 1.05 bits per heavy atom. The molecule has 5 heteroatoms. The average molecular weight is 321 g/mol. The van der Waals surface area contributed by atoms with Gasteiger partial charge in [-0.3, -0.25) is 0 Å². The summed E-state index contributed by atoms with van der Waals surface area (Å²) in [5.41, 5.74) is 2.06. The lowest BCUT2D eigenvalue weighted by Gasteiger charge is -2.18. The highest BCUT2D eigenvalue weighted by molar-refractivity contribution is 7.89. The van der Waals surface area contributed by atoms with Crippen molar-refractivity contribution in [1.29, 1.82) is 0 Å². The maximum Gasteiger partial charge on any atom is 0.246 e. The molecule has 0 unspecified atom stereocenters. The standard InChI is InChI=1S/C17H20FNO2S/c1-13(2)15-10-8-14(9-11-15)12-19(3)22(20,21)17-7-5-4-6-16(17)18/h4-11,13H,12H2,1-3H3. The second-order valence-corrected chi connectivity index (χ2v) is 7.60. The second kappa shape index (κ2) is 6.58. The molecule has 0 fully saturated rings. The zero-order chi connectivity index (χ0) is 16.3. The second-order valence-electron chi connectivity index (χ2n) is 5.59. The van der Waals surface area contributed by atoms with E-state index in [9.17, 15) is 12.8 Å². The van der Waals surface area contributed by atoms with E-state index in [1.807, 2.05) is 24.3 Å². The lowest BCUT2D eigenvalue weighted by Crippen LogP contribution is -2.27. The first-order valence-electron chi connectivity index (χ1n) is 7.12. The Morgan fingerprint density at radius 3 is 2.18 bits per heavy atom. The minimum absolute atomic E-state index is 0.203. The molecule has 0 radical (unpaired) electrons. The van der Waals surface area contributed by atoms with E-state index in [2.05, 4.69) is 13.8 Å². The molecule has 2 aromatic carbocycles. The smallest absolute Gasteiger partial charge is 0.207 e. The molecular weight excluding hydrogens is 301 g/mol. The largest absolute Gasteiger partial charge is 0.246 e. The van der Waals surface area contributed by atoms with Crippen molar-refractivity contribution in [1.82, 2.24) is 4.31 Å².